The summed E-state index contributed by atoms with van der Waals surface area (Å²) in [5.74, 6) is 1.14. The minimum atomic E-state index is -4.41. The fourth-order valence-corrected chi connectivity index (χ4v) is 5.69. The van der Waals surface area contributed by atoms with E-state index in [1.54, 1.807) is 18.2 Å². The molecule has 2 atom stereocenters. The fourth-order valence-electron chi connectivity index (χ4n) is 4.26. The van der Waals surface area contributed by atoms with Gasteiger partial charge in [0.05, 0.1) is 18.2 Å². The third kappa shape index (κ3) is 5.03. The SMILES string of the molecule is C=C1N(CC[S+]([O-])N2CCCC2)C[C@H](c2cccc(C(F)(F)F)c2)N1c1ccc(Cl)cc1. The second-order valence-electron chi connectivity index (χ2n) is 8.01. The third-order valence-electron chi connectivity index (χ3n) is 5.94. The Kier molecular flexibility index (Phi) is 6.95. The van der Waals surface area contributed by atoms with Gasteiger partial charge in [0.25, 0.3) is 0 Å². The van der Waals surface area contributed by atoms with Crippen molar-refractivity contribution in [2.75, 3.05) is 36.8 Å². The van der Waals surface area contributed by atoms with Gasteiger partial charge in [0.2, 0.25) is 0 Å². The van der Waals surface area contributed by atoms with Gasteiger partial charge >= 0.3 is 6.18 Å². The van der Waals surface area contributed by atoms with Crippen molar-refractivity contribution in [2.45, 2.75) is 25.1 Å². The summed E-state index contributed by atoms with van der Waals surface area (Å²) in [6, 6.07) is 12.2. The Bertz CT molecular complexity index is 950. The van der Waals surface area contributed by atoms with Crippen LogP contribution < -0.4 is 4.90 Å². The molecule has 2 saturated heterocycles. The average Bonchev–Trinajstić information content (AvgIpc) is 3.41. The van der Waals surface area contributed by atoms with Crippen LogP contribution in [0.3, 0.4) is 0 Å². The molecule has 0 spiro atoms. The number of rotatable bonds is 6. The maximum atomic E-state index is 13.3. The Morgan fingerprint density at radius 1 is 1.09 bits per heavy atom. The first-order valence-electron chi connectivity index (χ1n) is 10.5. The Morgan fingerprint density at radius 3 is 2.44 bits per heavy atom. The highest BCUT2D eigenvalue weighted by Crippen LogP contribution is 2.40. The highest BCUT2D eigenvalue weighted by atomic mass is 35.5. The van der Waals surface area contributed by atoms with Gasteiger partial charge in [-0.25, -0.2) is 0 Å². The van der Waals surface area contributed by atoms with Crippen LogP contribution in [-0.4, -0.2) is 45.7 Å². The summed E-state index contributed by atoms with van der Waals surface area (Å²) in [5, 5.41) is 0.576. The zero-order valence-electron chi connectivity index (χ0n) is 17.5. The summed E-state index contributed by atoms with van der Waals surface area (Å²) in [7, 11) is 0. The quantitative estimate of drug-likeness (QED) is 0.511. The molecule has 0 aromatic heterocycles. The molecule has 1 unspecified atom stereocenters. The van der Waals surface area contributed by atoms with Crippen LogP contribution in [0.2, 0.25) is 5.02 Å². The minimum Gasteiger partial charge on any atom is -0.598 e. The molecule has 0 amide bonds. The smallest absolute Gasteiger partial charge is 0.416 e. The number of hydrogen-bond acceptors (Lipinski definition) is 4. The molecule has 4 nitrogen and oxygen atoms in total. The number of halogens is 4. The minimum absolute atomic E-state index is 0.355. The monoisotopic (exact) mass is 483 g/mol. The molecular weight excluding hydrogens is 459 g/mol. The lowest BCUT2D eigenvalue weighted by molar-refractivity contribution is -0.137. The van der Waals surface area contributed by atoms with E-state index in [2.05, 4.69) is 6.58 Å². The lowest BCUT2D eigenvalue weighted by atomic mass is 10.0. The van der Waals surface area contributed by atoms with Crippen LogP contribution in [0.1, 0.15) is 30.0 Å². The summed E-state index contributed by atoms with van der Waals surface area (Å²) in [4.78, 5) is 3.94. The van der Waals surface area contributed by atoms with Crippen molar-refractivity contribution in [1.29, 1.82) is 0 Å². The second-order valence-corrected chi connectivity index (χ2v) is 10.0. The van der Waals surface area contributed by atoms with Crippen molar-refractivity contribution >= 4 is 28.7 Å². The van der Waals surface area contributed by atoms with Crippen molar-refractivity contribution < 1.29 is 17.7 Å². The van der Waals surface area contributed by atoms with Crippen LogP contribution in [0, 0.1) is 0 Å². The second kappa shape index (κ2) is 9.55. The maximum absolute atomic E-state index is 13.3. The van der Waals surface area contributed by atoms with Crippen molar-refractivity contribution in [2.24, 2.45) is 0 Å². The van der Waals surface area contributed by atoms with Crippen LogP contribution in [0.5, 0.6) is 0 Å². The van der Waals surface area contributed by atoms with Crippen molar-refractivity contribution in [3.63, 3.8) is 0 Å². The van der Waals surface area contributed by atoms with Gasteiger partial charge in [-0.1, -0.05) is 30.3 Å². The first kappa shape index (κ1) is 23.3. The van der Waals surface area contributed by atoms with Gasteiger partial charge in [-0.3, -0.25) is 0 Å². The van der Waals surface area contributed by atoms with Gasteiger partial charge in [0, 0.05) is 41.7 Å². The van der Waals surface area contributed by atoms with E-state index in [1.165, 1.54) is 12.1 Å². The predicted octanol–water partition coefficient (Wildman–Crippen LogP) is 5.45. The van der Waals surface area contributed by atoms with E-state index >= 15 is 0 Å². The van der Waals surface area contributed by atoms with Crippen LogP contribution in [0.15, 0.2) is 60.9 Å². The maximum Gasteiger partial charge on any atom is 0.416 e. The number of anilines is 1. The van der Waals surface area contributed by atoms with Crippen LogP contribution in [-0.2, 0) is 17.5 Å². The molecule has 0 bridgehead atoms. The van der Waals surface area contributed by atoms with Crippen molar-refractivity contribution in [3.05, 3.63) is 77.1 Å². The number of hydrogen-bond donors (Lipinski definition) is 0. The molecule has 2 aromatic carbocycles. The summed E-state index contributed by atoms with van der Waals surface area (Å²) in [6.07, 6.45) is -2.29. The molecule has 2 aliphatic rings. The molecule has 9 heteroatoms. The van der Waals surface area contributed by atoms with Crippen LogP contribution in [0.25, 0.3) is 0 Å². The number of alkyl halides is 3. The molecule has 2 aliphatic heterocycles. The molecule has 4 rings (SSSR count). The van der Waals surface area contributed by atoms with E-state index in [0.717, 1.165) is 37.7 Å². The van der Waals surface area contributed by atoms with E-state index < -0.39 is 23.1 Å². The first-order valence-corrected chi connectivity index (χ1v) is 12.2. The third-order valence-corrected chi connectivity index (χ3v) is 7.67. The molecule has 0 saturated carbocycles. The van der Waals surface area contributed by atoms with E-state index in [4.69, 9.17) is 11.6 Å². The van der Waals surface area contributed by atoms with Gasteiger partial charge in [-0.05, 0) is 54.8 Å². The van der Waals surface area contributed by atoms with Crippen LogP contribution >= 0.6 is 11.6 Å². The van der Waals surface area contributed by atoms with Crippen LogP contribution in [0.4, 0.5) is 18.9 Å². The Morgan fingerprint density at radius 2 is 1.78 bits per heavy atom. The summed E-state index contributed by atoms with van der Waals surface area (Å²) < 4.78 is 54.6. The highest BCUT2D eigenvalue weighted by Gasteiger charge is 2.38. The zero-order valence-corrected chi connectivity index (χ0v) is 19.1. The largest absolute Gasteiger partial charge is 0.598 e. The first-order chi connectivity index (χ1) is 15.2. The summed E-state index contributed by atoms with van der Waals surface area (Å²) in [5.41, 5.74) is 0.675. The fraction of sp³-hybridized carbons (Fsp3) is 0.391. The predicted molar refractivity (Wildman–Crippen MR) is 123 cm³/mol. The molecule has 0 aliphatic carbocycles. The number of benzene rings is 2. The van der Waals surface area contributed by atoms with Gasteiger partial charge in [-0.15, -0.1) is 4.31 Å². The van der Waals surface area contributed by atoms with Gasteiger partial charge in [0.1, 0.15) is 11.6 Å². The lowest BCUT2D eigenvalue weighted by Gasteiger charge is -2.28. The topological polar surface area (TPSA) is 32.8 Å². The normalized spacial score (nSPS) is 20.9. The summed E-state index contributed by atoms with van der Waals surface area (Å²) in [6.45, 7) is 6.89. The number of nitrogens with zero attached hydrogens (tertiary/aromatic N) is 3. The molecular formula is C23H25ClF3N3OS. The molecule has 32 heavy (non-hydrogen) atoms. The lowest BCUT2D eigenvalue weighted by Crippen LogP contribution is -2.35. The Labute approximate surface area is 194 Å². The van der Waals surface area contributed by atoms with E-state index in [1.807, 2.05) is 26.2 Å². The Balaban J connectivity index is 1.59. The van der Waals surface area contributed by atoms with Crippen molar-refractivity contribution in [3.8, 4) is 0 Å². The molecule has 172 valence electrons. The molecule has 0 radical (unpaired) electrons. The molecule has 0 N–H and O–H groups in total. The zero-order chi connectivity index (χ0) is 22.9. The van der Waals surface area contributed by atoms with E-state index in [0.29, 0.717) is 35.2 Å². The molecule has 2 fully saturated rings. The average molecular weight is 484 g/mol. The van der Waals surface area contributed by atoms with Gasteiger partial charge < -0.3 is 14.4 Å². The summed E-state index contributed by atoms with van der Waals surface area (Å²) >= 11 is 4.97. The molecule has 2 aromatic rings. The van der Waals surface area contributed by atoms with Gasteiger partial charge in [-0.2, -0.15) is 13.2 Å². The highest BCUT2D eigenvalue weighted by molar-refractivity contribution is 7.89. The van der Waals surface area contributed by atoms with E-state index in [9.17, 15) is 17.7 Å². The molecule has 2 heterocycles. The Hall–Kier alpha value is -1.87. The van der Waals surface area contributed by atoms with Crippen molar-refractivity contribution in [1.82, 2.24) is 9.21 Å². The van der Waals surface area contributed by atoms with E-state index in [-0.39, 0.29) is 6.04 Å². The standard InChI is InChI=1S/C23H25ClF3N3OS/c1-17-28(13-14-32(31)29-11-2-3-12-29)16-22(30(17)21-9-7-20(24)8-10-21)18-5-4-6-19(15-18)23(25,26)27/h4-10,15,22H,1-3,11-14,16H2/t22-,32?/m1/s1. The van der Waals surface area contributed by atoms with Gasteiger partial charge in [0.15, 0.2) is 0 Å².